The molecule has 0 radical (unpaired) electrons. The zero-order valence-corrected chi connectivity index (χ0v) is 20.7. The average molecular weight is 490 g/mol. The highest BCUT2D eigenvalue weighted by Crippen LogP contribution is 2.34. The van der Waals surface area contributed by atoms with Gasteiger partial charge in [0.2, 0.25) is 5.95 Å². The van der Waals surface area contributed by atoms with Crippen LogP contribution in [0.1, 0.15) is 6.42 Å². The highest BCUT2D eigenvalue weighted by molar-refractivity contribution is 7.92. The van der Waals surface area contributed by atoms with Gasteiger partial charge in [0.1, 0.15) is 0 Å². The number of nitrogens with zero attached hydrogens (tertiary/aromatic N) is 8. The summed E-state index contributed by atoms with van der Waals surface area (Å²) >= 11 is 0. The van der Waals surface area contributed by atoms with Crippen molar-refractivity contribution in [3.05, 3.63) is 54.9 Å². The Morgan fingerprint density at radius 1 is 1.03 bits per heavy atom. The first kappa shape index (κ1) is 21.9. The van der Waals surface area contributed by atoms with Crippen molar-refractivity contribution in [2.45, 2.75) is 18.5 Å². The van der Waals surface area contributed by atoms with Gasteiger partial charge in [-0.15, -0.1) is 0 Å². The van der Waals surface area contributed by atoms with E-state index in [1.54, 1.807) is 35.7 Å². The van der Waals surface area contributed by atoms with Crippen LogP contribution >= 0.6 is 0 Å². The van der Waals surface area contributed by atoms with Crippen LogP contribution in [0.3, 0.4) is 0 Å². The minimum atomic E-state index is -2.32. The molecule has 2 fully saturated rings. The minimum absolute atomic E-state index is 0.395. The molecule has 0 aliphatic carbocycles. The maximum atomic E-state index is 12.1. The normalized spacial score (nSPS) is 20.0. The first-order valence-corrected chi connectivity index (χ1v) is 13.8. The van der Waals surface area contributed by atoms with Crippen LogP contribution in [0, 0.1) is 0 Å². The third-order valence-corrected chi connectivity index (χ3v) is 7.16. The number of rotatable bonds is 5. The van der Waals surface area contributed by atoms with Gasteiger partial charge in [0, 0.05) is 65.0 Å². The molecule has 2 saturated heterocycles. The Bertz CT molecular complexity index is 1510. The quantitative estimate of drug-likeness (QED) is 0.456. The van der Waals surface area contributed by atoms with Crippen molar-refractivity contribution in [3.8, 4) is 5.82 Å². The molecule has 2 aliphatic rings. The van der Waals surface area contributed by atoms with Gasteiger partial charge in [0.15, 0.2) is 17.3 Å². The number of likely N-dealkylation sites (tertiary alicyclic amines) is 1. The smallest absolute Gasteiger partial charge is 0.229 e. The number of fused-ring (bicyclic) bond motifs is 3. The number of nitrogens with one attached hydrogen (secondary N) is 1. The van der Waals surface area contributed by atoms with Crippen molar-refractivity contribution in [1.82, 2.24) is 29.6 Å². The van der Waals surface area contributed by atoms with Gasteiger partial charge in [-0.05, 0) is 49.9 Å². The van der Waals surface area contributed by atoms with Crippen LogP contribution in [0.25, 0.3) is 16.9 Å². The molecule has 10 nitrogen and oxygen atoms in total. The van der Waals surface area contributed by atoms with Gasteiger partial charge in [-0.2, -0.15) is 19.1 Å². The van der Waals surface area contributed by atoms with Crippen molar-refractivity contribution in [1.29, 1.82) is 0 Å². The predicted octanol–water partition coefficient (Wildman–Crippen LogP) is 3.21. The third kappa shape index (κ3) is 4.32. The summed E-state index contributed by atoms with van der Waals surface area (Å²) in [7, 11) is -0.102. The molecule has 180 valence electrons. The van der Waals surface area contributed by atoms with Crippen molar-refractivity contribution in [2.24, 2.45) is 4.36 Å². The standard InChI is InChI=1S/C24H27N9OS/c1-31-14-20-11-19(31)15-32(20)18-9-7-17(8-10-18)27-24-25-12-16-13-26-33(23(16)29-24)22-6-4-5-21(28-22)30-35(2,3)34/h4-10,12-13,19-20H,11,14-15H2,1-3H3,(H,25,27,29). The Hall–Kier alpha value is -3.57. The number of likely N-dealkylation sites (N-methyl/N-ethyl adjacent to an activating group) is 1. The number of piperazine rings is 1. The largest absolute Gasteiger partial charge is 0.366 e. The number of hydrogen-bond acceptors (Lipinski definition) is 9. The third-order valence-electron chi connectivity index (χ3n) is 6.53. The Morgan fingerprint density at radius 3 is 2.57 bits per heavy atom. The number of benzene rings is 1. The molecule has 1 N–H and O–H groups in total. The maximum Gasteiger partial charge on any atom is 0.229 e. The van der Waals surface area contributed by atoms with Crippen LogP contribution in [0.4, 0.5) is 23.1 Å². The first-order valence-electron chi connectivity index (χ1n) is 11.5. The first-order chi connectivity index (χ1) is 16.8. The van der Waals surface area contributed by atoms with E-state index >= 15 is 0 Å². The molecule has 6 rings (SSSR count). The summed E-state index contributed by atoms with van der Waals surface area (Å²) in [5.74, 6) is 1.41. The zero-order chi connectivity index (χ0) is 24.2. The number of aromatic nitrogens is 5. The molecule has 4 aromatic rings. The van der Waals surface area contributed by atoms with Crippen LogP contribution < -0.4 is 10.2 Å². The van der Waals surface area contributed by atoms with E-state index in [0.717, 1.165) is 24.2 Å². The van der Waals surface area contributed by atoms with Crippen LogP contribution in [0.15, 0.2) is 59.2 Å². The highest BCUT2D eigenvalue weighted by Gasteiger charge is 2.41. The summed E-state index contributed by atoms with van der Waals surface area (Å²) in [6, 6.07) is 15.1. The lowest BCUT2D eigenvalue weighted by Gasteiger charge is -2.33. The highest BCUT2D eigenvalue weighted by atomic mass is 32.2. The Balaban J connectivity index is 1.24. The molecule has 2 atom stereocenters. The minimum Gasteiger partial charge on any atom is -0.366 e. The summed E-state index contributed by atoms with van der Waals surface area (Å²) < 4.78 is 17.9. The molecular weight excluding hydrogens is 462 g/mol. The lowest BCUT2D eigenvalue weighted by molar-refractivity contribution is 0.292. The van der Waals surface area contributed by atoms with E-state index in [9.17, 15) is 4.21 Å². The van der Waals surface area contributed by atoms with Crippen LogP contribution in [-0.4, -0.2) is 78.6 Å². The molecule has 2 bridgehead atoms. The molecule has 2 unspecified atom stereocenters. The summed E-state index contributed by atoms with van der Waals surface area (Å²) in [5.41, 5.74) is 2.79. The van der Waals surface area contributed by atoms with Gasteiger partial charge in [-0.1, -0.05) is 6.07 Å². The topological polar surface area (TPSA) is 104 Å². The van der Waals surface area contributed by atoms with Gasteiger partial charge in [0.25, 0.3) is 0 Å². The fourth-order valence-corrected chi connectivity index (χ4v) is 5.45. The lowest BCUT2D eigenvalue weighted by Crippen LogP contribution is -2.44. The van der Waals surface area contributed by atoms with E-state index in [0.29, 0.717) is 35.3 Å². The van der Waals surface area contributed by atoms with E-state index in [1.807, 2.05) is 12.1 Å². The second-order valence-corrected chi connectivity index (χ2v) is 12.0. The Labute approximate surface area is 204 Å². The summed E-state index contributed by atoms with van der Waals surface area (Å²) in [5, 5.41) is 8.52. The number of hydrogen-bond donors (Lipinski definition) is 1. The SMILES string of the molecule is CN1CC2CC1CN2c1ccc(Nc2ncc3cnn(-c4cccc(N=S(C)(C)=O)n4)c3n2)cc1. The fourth-order valence-electron chi connectivity index (χ4n) is 4.90. The molecule has 5 heterocycles. The summed E-state index contributed by atoms with van der Waals surface area (Å²) in [4.78, 5) is 18.6. The van der Waals surface area contributed by atoms with Crippen LogP contribution in [0.5, 0.6) is 0 Å². The van der Waals surface area contributed by atoms with Gasteiger partial charge in [-0.25, -0.2) is 14.2 Å². The van der Waals surface area contributed by atoms with Gasteiger partial charge >= 0.3 is 0 Å². The van der Waals surface area contributed by atoms with E-state index in [-0.39, 0.29) is 0 Å². The average Bonchev–Trinajstić information content (AvgIpc) is 3.52. The Morgan fingerprint density at radius 2 is 1.86 bits per heavy atom. The molecular formula is C24H27N9OS. The molecule has 2 aliphatic heterocycles. The van der Waals surface area contributed by atoms with Gasteiger partial charge in [0.05, 0.1) is 11.6 Å². The molecule has 1 aromatic carbocycles. The summed E-state index contributed by atoms with van der Waals surface area (Å²) in [6.07, 6.45) is 7.84. The van der Waals surface area contributed by atoms with Crippen molar-refractivity contribution < 1.29 is 4.21 Å². The predicted molar refractivity (Wildman–Crippen MR) is 138 cm³/mol. The molecule has 35 heavy (non-hydrogen) atoms. The van der Waals surface area contributed by atoms with Crippen molar-refractivity contribution >= 4 is 43.9 Å². The van der Waals surface area contributed by atoms with Crippen molar-refractivity contribution in [3.63, 3.8) is 0 Å². The molecule has 11 heteroatoms. The second kappa shape index (κ2) is 8.28. The van der Waals surface area contributed by atoms with Crippen LogP contribution in [-0.2, 0) is 9.73 Å². The molecule has 0 amide bonds. The van der Waals surface area contributed by atoms with Gasteiger partial charge < -0.3 is 10.2 Å². The maximum absolute atomic E-state index is 12.1. The molecule has 3 aromatic heterocycles. The summed E-state index contributed by atoms with van der Waals surface area (Å²) in [6.45, 7) is 2.22. The fraction of sp³-hybridized carbons (Fsp3) is 0.333. The molecule has 0 saturated carbocycles. The van der Waals surface area contributed by atoms with E-state index in [1.165, 1.54) is 12.1 Å². The Kier molecular flexibility index (Phi) is 5.19. The number of pyridine rings is 1. The van der Waals surface area contributed by atoms with E-state index in [2.05, 4.69) is 70.8 Å². The van der Waals surface area contributed by atoms with Crippen molar-refractivity contribution in [2.75, 3.05) is 42.9 Å². The lowest BCUT2D eigenvalue weighted by atomic mass is 10.2. The van der Waals surface area contributed by atoms with E-state index in [4.69, 9.17) is 0 Å². The monoisotopic (exact) mass is 489 g/mol. The second-order valence-electron chi connectivity index (χ2n) is 9.46. The zero-order valence-electron chi connectivity index (χ0n) is 19.9. The van der Waals surface area contributed by atoms with E-state index < -0.39 is 9.73 Å². The van der Waals surface area contributed by atoms with Gasteiger partial charge in [-0.3, -0.25) is 4.90 Å². The molecule has 0 spiro atoms. The van der Waals surface area contributed by atoms with Crippen LogP contribution in [0.2, 0.25) is 0 Å². The number of anilines is 3.